The fourth-order valence-corrected chi connectivity index (χ4v) is 1.82. The van der Waals surface area contributed by atoms with E-state index in [0.717, 1.165) is 32.8 Å². The van der Waals surface area contributed by atoms with Crippen LogP contribution in [0, 0.1) is 0 Å². The van der Waals surface area contributed by atoms with Gasteiger partial charge in [-0.25, -0.2) is 0 Å². The van der Waals surface area contributed by atoms with Crippen molar-refractivity contribution in [1.29, 1.82) is 0 Å². The standard InChI is InChI=1S/C14H21NO2/c1-2-8-15-14(11-17-13-9-16-10-13)12-6-4-3-5-7-12/h3-7,13-15H,2,8-11H2,1H3. The molecule has 1 heterocycles. The molecule has 1 N–H and O–H groups in total. The molecule has 1 aromatic rings. The van der Waals surface area contributed by atoms with Gasteiger partial charge in [0.25, 0.3) is 0 Å². The highest BCUT2D eigenvalue weighted by Gasteiger charge is 2.21. The van der Waals surface area contributed by atoms with Gasteiger partial charge in [-0.3, -0.25) is 0 Å². The fourth-order valence-electron chi connectivity index (χ4n) is 1.82. The summed E-state index contributed by atoms with van der Waals surface area (Å²) < 4.78 is 10.9. The maximum atomic E-state index is 5.80. The third kappa shape index (κ3) is 3.80. The predicted octanol–water partition coefficient (Wildman–Crippen LogP) is 2.14. The van der Waals surface area contributed by atoms with Crippen molar-refractivity contribution in [3.8, 4) is 0 Å². The molecular weight excluding hydrogens is 214 g/mol. The van der Waals surface area contributed by atoms with Crippen molar-refractivity contribution in [3.05, 3.63) is 35.9 Å². The van der Waals surface area contributed by atoms with Gasteiger partial charge < -0.3 is 14.8 Å². The minimum absolute atomic E-state index is 0.289. The van der Waals surface area contributed by atoms with Gasteiger partial charge in [0.1, 0.15) is 6.10 Å². The third-order valence-electron chi connectivity index (χ3n) is 2.95. The second-order valence-corrected chi connectivity index (χ2v) is 4.41. The molecule has 0 aliphatic carbocycles. The lowest BCUT2D eigenvalue weighted by molar-refractivity contribution is -0.133. The zero-order valence-electron chi connectivity index (χ0n) is 10.4. The molecular formula is C14H21NO2. The first-order valence-electron chi connectivity index (χ1n) is 6.38. The maximum Gasteiger partial charge on any atom is 0.104 e. The van der Waals surface area contributed by atoms with Crippen LogP contribution in [0.1, 0.15) is 24.9 Å². The van der Waals surface area contributed by atoms with Crippen molar-refractivity contribution in [2.24, 2.45) is 0 Å². The Labute approximate surface area is 103 Å². The molecule has 1 aliphatic heterocycles. The van der Waals surface area contributed by atoms with E-state index in [9.17, 15) is 0 Å². The average molecular weight is 235 g/mol. The summed E-state index contributed by atoms with van der Waals surface area (Å²) in [6.45, 7) is 5.41. The highest BCUT2D eigenvalue weighted by molar-refractivity contribution is 5.18. The number of hydrogen-bond donors (Lipinski definition) is 1. The number of nitrogens with one attached hydrogen (secondary N) is 1. The Morgan fingerprint density at radius 3 is 2.71 bits per heavy atom. The summed E-state index contributed by atoms with van der Waals surface area (Å²) in [7, 11) is 0. The van der Waals surface area contributed by atoms with Crippen LogP contribution in [0.2, 0.25) is 0 Å². The molecule has 3 nitrogen and oxygen atoms in total. The molecule has 0 aromatic heterocycles. The predicted molar refractivity (Wildman–Crippen MR) is 68.0 cm³/mol. The molecule has 0 radical (unpaired) electrons. The molecule has 1 unspecified atom stereocenters. The Hall–Kier alpha value is -0.900. The van der Waals surface area contributed by atoms with Crippen LogP contribution in [0.5, 0.6) is 0 Å². The van der Waals surface area contributed by atoms with Gasteiger partial charge in [0.15, 0.2) is 0 Å². The Kier molecular flexibility index (Phi) is 4.98. The van der Waals surface area contributed by atoms with Crippen molar-refractivity contribution >= 4 is 0 Å². The van der Waals surface area contributed by atoms with Crippen LogP contribution in [-0.4, -0.2) is 32.5 Å². The van der Waals surface area contributed by atoms with E-state index in [2.05, 4.69) is 36.5 Å². The average Bonchev–Trinajstić information content (AvgIpc) is 2.32. The number of rotatable bonds is 7. The highest BCUT2D eigenvalue weighted by atomic mass is 16.6. The van der Waals surface area contributed by atoms with Crippen LogP contribution in [0.4, 0.5) is 0 Å². The van der Waals surface area contributed by atoms with Crippen molar-refractivity contribution in [2.45, 2.75) is 25.5 Å². The van der Waals surface area contributed by atoms with Crippen molar-refractivity contribution in [2.75, 3.05) is 26.4 Å². The summed E-state index contributed by atoms with van der Waals surface area (Å²) in [4.78, 5) is 0. The van der Waals surface area contributed by atoms with Gasteiger partial charge >= 0.3 is 0 Å². The molecule has 0 saturated carbocycles. The number of ether oxygens (including phenoxy) is 2. The smallest absolute Gasteiger partial charge is 0.104 e. The second-order valence-electron chi connectivity index (χ2n) is 4.41. The van der Waals surface area contributed by atoms with E-state index in [1.165, 1.54) is 5.56 Å². The Bertz CT molecular complexity index is 311. The summed E-state index contributed by atoms with van der Waals surface area (Å²) in [5.41, 5.74) is 1.29. The van der Waals surface area contributed by atoms with E-state index in [-0.39, 0.29) is 6.04 Å². The van der Waals surface area contributed by atoms with Gasteiger partial charge in [-0.15, -0.1) is 0 Å². The molecule has 0 amide bonds. The van der Waals surface area contributed by atoms with Gasteiger partial charge in [-0.1, -0.05) is 37.3 Å². The first-order chi connectivity index (χ1) is 8.40. The van der Waals surface area contributed by atoms with Crippen LogP contribution >= 0.6 is 0 Å². The summed E-state index contributed by atoms with van der Waals surface area (Å²) >= 11 is 0. The van der Waals surface area contributed by atoms with E-state index in [4.69, 9.17) is 9.47 Å². The Morgan fingerprint density at radius 2 is 2.12 bits per heavy atom. The number of hydrogen-bond acceptors (Lipinski definition) is 3. The van der Waals surface area contributed by atoms with E-state index < -0.39 is 0 Å². The molecule has 2 rings (SSSR count). The number of benzene rings is 1. The minimum Gasteiger partial charge on any atom is -0.376 e. The lowest BCUT2D eigenvalue weighted by Crippen LogP contribution is -2.38. The van der Waals surface area contributed by atoms with Crippen molar-refractivity contribution < 1.29 is 9.47 Å². The normalized spacial score (nSPS) is 17.7. The highest BCUT2D eigenvalue weighted by Crippen LogP contribution is 2.15. The second kappa shape index (κ2) is 6.74. The maximum absolute atomic E-state index is 5.80. The largest absolute Gasteiger partial charge is 0.376 e. The molecule has 0 bridgehead atoms. The molecule has 0 spiro atoms. The van der Waals surface area contributed by atoms with Gasteiger partial charge in [-0.2, -0.15) is 0 Å². The van der Waals surface area contributed by atoms with Gasteiger partial charge in [0.2, 0.25) is 0 Å². The Balaban J connectivity index is 1.87. The first-order valence-corrected chi connectivity index (χ1v) is 6.38. The van der Waals surface area contributed by atoms with E-state index in [0.29, 0.717) is 6.10 Å². The molecule has 1 saturated heterocycles. The third-order valence-corrected chi connectivity index (χ3v) is 2.95. The quantitative estimate of drug-likeness (QED) is 0.785. The molecule has 17 heavy (non-hydrogen) atoms. The van der Waals surface area contributed by atoms with Crippen molar-refractivity contribution in [3.63, 3.8) is 0 Å². The van der Waals surface area contributed by atoms with Crippen LogP contribution in [-0.2, 0) is 9.47 Å². The van der Waals surface area contributed by atoms with Crippen LogP contribution in [0.15, 0.2) is 30.3 Å². The molecule has 1 atom stereocenters. The summed E-state index contributed by atoms with van der Waals surface area (Å²) in [6, 6.07) is 10.8. The van der Waals surface area contributed by atoms with Crippen LogP contribution in [0.25, 0.3) is 0 Å². The van der Waals surface area contributed by atoms with Gasteiger partial charge in [-0.05, 0) is 18.5 Å². The monoisotopic (exact) mass is 235 g/mol. The molecule has 1 fully saturated rings. The zero-order chi connectivity index (χ0) is 11.9. The first kappa shape index (κ1) is 12.6. The van der Waals surface area contributed by atoms with Gasteiger partial charge in [0.05, 0.1) is 25.9 Å². The van der Waals surface area contributed by atoms with E-state index in [1.54, 1.807) is 0 Å². The Morgan fingerprint density at radius 1 is 1.35 bits per heavy atom. The molecule has 1 aliphatic rings. The summed E-state index contributed by atoms with van der Waals surface area (Å²) in [6.07, 6.45) is 1.43. The van der Waals surface area contributed by atoms with Crippen LogP contribution in [0.3, 0.4) is 0 Å². The van der Waals surface area contributed by atoms with Gasteiger partial charge in [0, 0.05) is 0 Å². The lowest BCUT2D eigenvalue weighted by Gasteiger charge is -2.28. The topological polar surface area (TPSA) is 30.5 Å². The zero-order valence-corrected chi connectivity index (χ0v) is 10.4. The van der Waals surface area contributed by atoms with E-state index >= 15 is 0 Å². The molecule has 94 valence electrons. The summed E-state index contributed by atoms with van der Waals surface area (Å²) in [5.74, 6) is 0. The van der Waals surface area contributed by atoms with E-state index in [1.807, 2.05) is 6.07 Å². The minimum atomic E-state index is 0.289. The van der Waals surface area contributed by atoms with Crippen LogP contribution < -0.4 is 5.32 Å². The SMILES string of the molecule is CCCNC(COC1COC1)c1ccccc1. The fraction of sp³-hybridized carbons (Fsp3) is 0.571. The summed E-state index contributed by atoms with van der Waals surface area (Å²) in [5, 5.41) is 3.52. The lowest BCUT2D eigenvalue weighted by atomic mass is 10.1. The molecule has 1 aromatic carbocycles. The molecule has 3 heteroatoms. The van der Waals surface area contributed by atoms with Crippen molar-refractivity contribution in [1.82, 2.24) is 5.32 Å².